The van der Waals surface area contributed by atoms with Crippen molar-refractivity contribution in [1.82, 2.24) is 14.9 Å². The van der Waals surface area contributed by atoms with Gasteiger partial charge < -0.3 is 14.6 Å². The normalized spacial score (nSPS) is 10.9. The molecule has 2 heterocycles. The number of hydrogen-bond acceptors (Lipinski definition) is 4. The minimum Gasteiger partial charge on any atom is -0.383 e. The van der Waals surface area contributed by atoms with Gasteiger partial charge in [0.1, 0.15) is 0 Å². The monoisotopic (exact) mass is 251 g/mol. The van der Waals surface area contributed by atoms with E-state index in [1.807, 2.05) is 11.7 Å². The minimum atomic E-state index is 0.746. The van der Waals surface area contributed by atoms with Gasteiger partial charge in [0.25, 0.3) is 0 Å². The lowest BCUT2D eigenvalue weighted by atomic mass is 10.4. The summed E-state index contributed by atoms with van der Waals surface area (Å²) in [7, 11) is 1.72. The zero-order valence-corrected chi connectivity index (χ0v) is 10.7. The Morgan fingerprint density at radius 3 is 3.24 bits per heavy atom. The average Bonchev–Trinajstić information content (AvgIpc) is 2.97. The maximum absolute atomic E-state index is 5.00. The first-order valence-corrected chi connectivity index (χ1v) is 6.49. The molecule has 0 aliphatic heterocycles. The standard InChI is InChI=1S/C12H17N3OS/c1-16-6-4-13-7-11-3-2-5-15(11)9-12-8-14-10-17-12/h2-3,5,8,10,13H,4,6-7,9H2,1H3. The van der Waals surface area contributed by atoms with Gasteiger partial charge >= 0.3 is 0 Å². The van der Waals surface area contributed by atoms with Crippen LogP contribution in [0.4, 0.5) is 0 Å². The molecule has 0 aliphatic rings. The van der Waals surface area contributed by atoms with Crippen LogP contribution in [0.3, 0.4) is 0 Å². The number of aromatic nitrogens is 2. The van der Waals surface area contributed by atoms with Gasteiger partial charge in [-0.2, -0.15) is 0 Å². The summed E-state index contributed by atoms with van der Waals surface area (Å²) in [4.78, 5) is 5.37. The summed E-state index contributed by atoms with van der Waals surface area (Å²) in [6.45, 7) is 3.39. The molecule has 2 aromatic heterocycles. The number of hydrogen-bond donors (Lipinski definition) is 1. The topological polar surface area (TPSA) is 39.1 Å². The van der Waals surface area contributed by atoms with E-state index in [2.05, 4.69) is 33.2 Å². The van der Waals surface area contributed by atoms with Gasteiger partial charge in [0, 0.05) is 43.2 Å². The summed E-state index contributed by atoms with van der Waals surface area (Å²) in [5.74, 6) is 0. The summed E-state index contributed by atoms with van der Waals surface area (Å²) in [6, 6.07) is 4.22. The summed E-state index contributed by atoms with van der Waals surface area (Å²) < 4.78 is 7.24. The van der Waals surface area contributed by atoms with Crippen LogP contribution < -0.4 is 5.32 Å². The summed E-state index contributed by atoms with van der Waals surface area (Å²) in [5.41, 5.74) is 3.16. The number of nitrogens with one attached hydrogen (secondary N) is 1. The highest BCUT2D eigenvalue weighted by atomic mass is 32.1. The SMILES string of the molecule is COCCNCc1cccn1Cc1cncs1. The van der Waals surface area contributed by atoms with Crippen LogP contribution in [-0.2, 0) is 17.8 Å². The van der Waals surface area contributed by atoms with Crippen molar-refractivity contribution in [1.29, 1.82) is 0 Å². The molecule has 1 N–H and O–H groups in total. The predicted octanol–water partition coefficient (Wildman–Crippen LogP) is 1.73. The van der Waals surface area contributed by atoms with Crippen LogP contribution in [0.5, 0.6) is 0 Å². The third kappa shape index (κ3) is 3.66. The fourth-order valence-corrected chi connectivity index (χ4v) is 2.24. The van der Waals surface area contributed by atoms with Gasteiger partial charge in [0.15, 0.2) is 0 Å². The van der Waals surface area contributed by atoms with Gasteiger partial charge in [-0.15, -0.1) is 11.3 Å². The Hall–Kier alpha value is -1.17. The molecule has 0 aromatic carbocycles. The maximum atomic E-state index is 5.00. The first-order chi connectivity index (χ1) is 8.40. The van der Waals surface area contributed by atoms with Crippen molar-refractivity contribution in [2.45, 2.75) is 13.1 Å². The van der Waals surface area contributed by atoms with E-state index in [1.165, 1.54) is 10.6 Å². The molecular formula is C12H17N3OS. The van der Waals surface area contributed by atoms with E-state index >= 15 is 0 Å². The van der Waals surface area contributed by atoms with Crippen LogP contribution in [0.15, 0.2) is 30.0 Å². The molecule has 17 heavy (non-hydrogen) atoms. The minimum absolute atomic E-state index is 0.746. The van der Waals surface area contributed by atoms with Gasteiger partial charge in [0.2, 0.25) is 0 Å². The first-order valence-electron chi connectivity index (χ1n) is 5.61. The lowest BCUT2D eigenvalue weighted by Crippen LogP contribution is -2.20. The summed E-state index contributed by atoms with van der Waals surface area (Å²) in [5, 5.41) is 3.35. The van der Waals surface area contributed by atoms with Crippen molar-refractivity contribution in [2.75, 3.05) is 20.3 Å². The molecule has 0 saturated carbocycles. The van der Waals surface area contributed by atoms with Crippen molar-refractivity contribution < 1.29 is 4.74 Å². The second-order valence-corrected chi connectivity index (χ2v) is 4.74. The van der Waals surface area contributed by atoms with E-state index in [-0.39, 0.29) is 0 Å². The zero-order valence-electron chi connectivity index (χ0n) is 9.93. The molecule has 92 valence electrons. The van der Waals surface area contributed by atoms with Crippen molar-refractivity contribution in [2.24, 2.45) is 0 Å². The van der Waals surface area contributed by atoms with E-state index in [1.54, 1.807) is 18.4 Å². The molecule has 2 rings (SSSR count). The molecular weight excluding hydrogens is 234 g/mol. The van der Waals surface area contributed by atoms with Crippen LogP contribution in [0.2, 0.25) is 0 Å². The van der Waals surface area contributed by atoms with E-state index < -0.39 is 0 Å². The average molecular weight is 251 g/mol. The number of nitrogens with zero attached hydrogens (tertiary/aromatic N) is 2. The molecule has 2 aromatic rings. The van der Waals surface area contributed by atoms with E-state index in [9.17, 15) is 0 Å². The molecule has 5 heteroatoms. The third-order valence-electron chi connectivity index (χ3n) is 2.52. The summed E-state index contributed by atoms with van der Waals surface area (Å²) in [6.07, 6.45) is 4.03. The molecule has 0 saturated heterocycles. The van der Waals surface area contributed by atoms with Crippen molar-refractivity contribution in [3.63, 3.8) is 0 Å². The molecule has 0 unspecified atom stereocenters. The molecule has 4 nitrogen and oxygen atoms in total. The number of thiazole rings is 1. The van der Waals surface area contributed by atoms with E-state index in [4.69, 9.17) is 4.74 Å². The molecule has 0 radical (unpaired) electrons. The Balaban J connectivity index is 1.88. The number of rotatable bonds is 7. The zero-order chi connectivity index (χ0) is 11.9. The number of ether oxygens (including phenoxy) is 1. The fraction of sp³-hybridized carbons (Fsp3) is 0.417. The Morgan fingerprint density at radius 2 is 2.47 bits per heavy atom. The molecule has 0 aliphatic carbocycles. The highest BCUT2D eigenvalue weighted by molar-refractivity contribution is 7.09. The first kappa shape index (κ1) is 12.3. The summed E-state index contributed by atoms with van der Waals surface area (Å²) >= 11 is 1.69. The Morgan fingerprint density at radius 1 is 1.53 bits per heavy atom. The lowest BCUT2D eigenvalue weighted by Gasteiger charge is -2.08. The maximum Gasteiger partial charge on any atom is 0.0794 e. The van der Waals surface area contributed by atoms with Crippen molar-refractivity contribution in [3.8, 4) is 0 Å². The molecule has 0 fully saturated rings. The second-order valence-electron chi connectivity index (χ2n) is 3.76. The molecule has 0 amide bonds. The Bertz CT molecular complexity index is 425. The highest BCUT2D eigenvalue weighted by Gasteiger charge is 2.02. The predicted molar refractivity (Wildman–Crippen MR) is 69.2 cm³/mol. The van der Waals surface area contributed by atoms with Gasteiger partial charge in [0.05, 0.1) is 18.7 Å². The third-order valence-corrected chi connectivity index (χ3v) is 3.29. The fourth-order valence-electron chi connectivity index (χ4n) is 1.64. The van der Waals surface area contributed by atoms with E-state index in [0.29, 0.717) is 0 Å². The van der Waals surface area contributed by atoms with Crippen LogP contribution in [-0.4, -0.2) is 29.8 Å². The smallest absolute Gasteiger partial charge is 0.0794 e. The molecule has 0 atom stereocenters. The molecule has 0 bridgehead atoms. The van der Waals surface area contributed by atoms with Gasteiger partial charge in [-0.05, 0) is 12.1 Å². The Labute approximate surface area is 105 Å². The van der Waals surface area contributed by atoms with Gasteiger partial charge in [-0.25, -0.2) is 0 Å². The van der Waals surface area contributed by atoms with Gasteiger partial charge in [-0.3, -0.25) is 4.98 Å². The van der Waals surface area contributed by atoms with Gasteiger partial charge in [-0.1, -0.05) is 0 Å². The quantitative estimate of drug-likeness (QED) is 0.762. The Kier molecular flexibility index (Phi) is 4.73. The van der Waals surface area contributed by atoms with Crippen LogP contribution >= 0.6 is 11.3 Å². The largest absolute Gasteiger partial charge is 0.383 e. The van der Waals surface area contributed by atoms with Crippen molar-refractivity contribution in [3.05, 3.63) is 40.6 Å². The van der Waals surface area contributed by atoms with Crippen LogP contribution in [0.25, 0.3) is 0 Å². The highest BCUT2D eigenvalue weighted by Crippen LogP contribution is 2.11. The number of methoxy groups -OCH3 is 1. The molecule has 0 spiro atoms. The van der Waals surface area contributed by atoms with Crippen LogP contribution in [0.1, 0.15) is 10.6 Å². The lowest BCUT2D eigenvalue weighted by molar-refractivity contribution is 0.199. The second kappa shape index (κ2) is 6.54. The van der Waals surface area contributed by atoms with Crippen LogP contribution in [0, 0.1) is 0 Å². The van der Waals surface area contributed by atoms with Crippen molar-refractivity contribution >= 4 is 11.3 Å². The van der Waals surface area contributed by atoms with E-state index in [0.717, 1.165) is 26.2 Å².